The molecule has 106 valence electrons. The molecule has 0 bridgehead atoms. The van der Waals surface area contributed by atoms with E-state index in [-0.39, 0.29) is 6.10 Å². The van der Waals surface area contributed by atoms with Gasteiger partial charge in [-0.15, -0.1) is 0 Å². The van der Waals surface area contributed by atoms with Gasteiger partial charge in [0.05, 0.1) is 6.10 Å². The van der Waals surface area contributed by atoms with Crippen molar-refractivity contribution in [3.63, 3.8) is 0 Å². The van der Waals surface area contributed by atoms with E-state index < -0.39 is 0 Å². The number of rotatable bonds is 2. The Morgan fingerprint density at radius 2 is 1.74 bits per heavy atom. The second-order valence-electron chi connectivity index (χ2n) is 7.07. The first kappa shape index (κ1) is 14.4. The lowest BCUT2D eigenvalue weighted by molar-refractivity contribution is 0.0196. The Kier molecular flexibility index (Phi) is 4.19. The van der Waals surface area contributed by atoms with E-state index in [9.17, 15) is 10.2 Å². The van der Waals surface area contributed by atoms with Gasteiger partial charge in [0.15, 0.2) is 0 Å². The molecule has 3 atom stereocenters. The van der Waals surface area contributed by atoms with Crippen molar-refractivity contribution in [2.45, 2.75) is 52.6 Å². The molecule has 19 heavy (non-hydrogen) atoms. The first-order valence-corrected chi connectivity index (χ1v) is 7.32. The van der Waals surface area contributed by atoms with Crippen molar-refractivity contribution in [3.05, 3.63) is 29.8 Å². The Bertz CT molecular complexity index is 402. The molecule has 0 heterocycles. The Morgan fingerprint density at radius 1 is 1.11 bits per heavy atom. The number of phenols is 1. The molecule has 2 heteroatoms. The molecule has 0 aromatic heterocycles. The minimum Gasteiger partial charge on any atom is -0.508 e. The van der Waals surface area contributed by atoms with Crippen molar-refractivity contribution in [1.82, 2.24) is 0 Å². The summed E-state index contributed by atoms with van der Waals surface area (Å²) in [5, 5.41) is 19.5. The minimum atomic E-state index is -0.174. The summed E-state index contributed by atoms with van der Waals surface area (Å²) < 4.78 is 0. The molecule has 2 rings (SSSR count). The number of hydrogen-bond donors (Lipinski definition) is 2. The molecule has 0 aliphatic heterocycles. The van der Waals surface area contributed by atoms with Crippen molar-refractivity contribution >= 4 is 0 Å². The van der Waals surface area contributed by atoms with Crippen LogP contribution < -0.4 is 0 Å². The van der Waals surface area contributed by atoms with Crippen LogP contribution in [0.5, 0.6) is 5.75 Å². The number of benzene rings is 1. The van der Waals surface area contributed by atoms with E-state index >= 15 is 0 Å². The van der Waals surface area contributed by atoms with Gasteiger partial charge in [-0.1, -0.05) is 32.9 Å². The molecule has 1 fully saturated rings. The molecule has 1 aliphatic rings. The summed E-state index contributed by atoms with van der Waals surface area (Å²) in [4.78, 5) is 0. The van der Waals surface area contributed by atoms with Gasteiger partial charge in [-0.2, -0.15) is 0 Å². The summed E-state index contributed by atoms with van der Waals surface area (Å²) in [5.74, 6) is 1.35. The van der Waals surface area contributed by atoms with Crippen LogP contribution in [0.1, 0.15) is 45.6 Å². The van der Waals surface area contributed by atoms with Gasteiger partial charge in [0.1, 0.15) is 5.75 Å². The average molecular weight is 262 g/mol. The van der Waals surface area contributed by atoms with Crippen LogP contribution in [0.2, 0.25) is 0 Å². The molecule has 1 saturated carbocycles. The molecule has 1 aliphatic carbocycles. The van der Waals surface area contributed by atoms with Gasteiger partial charge in [-0.25, -0.2) is 0 Å². The van der Waals surface area contributed by atoms with E-state index in [1.54, 1.807) is 12.1 Å². The molecule has 0 spiro atoms. The molecule has 0 saturated heterocycles. The highest BCUT2D eigenvalue weighted by molar-refractivity contribution is 5.26. The lowest BCUT2D eigenvalue weighted by Crippen LogP contribution is -2.35. The third kappa shape index (κ3) is 3.73. The zero-order chi connectivity index (χ0) is 14.0. The number of aliphatic hydroxyl groups excluding tert-OH is 1. The Balaban J connectivity index is 2.03. The number of aromatic hydroxyl groups is 1. The Labute approximate surface area is 116 Å². The van der Waals surface area contributed by atoms with Gasteiger partial charge in [0.25, 0.3) is 0 Å². The molecule has 2 N–H and O–H groups in total. The predicted molar refractivity (Wildman–Crippen MR) is 78.1 cm³/mol. The molecule has 0 amide bonds. The van der Waals surface area contributed by atoms with Crippen LogP contribution in [0.25, 0.3) is 0 Å². The third-order valence-electron chi connectivity index (χ3n) is 4.60. The highest BCUT2D eigenvalue weighted by Crippen LogP contribution is 2.41. The summed E-state index contributed by atoms with van der Waals surface area (Å²) in [5.41, 5.74) is 1.53. The van der Waals surface area contributed by atoms with Crippen LogP contribution in [0.4, 0.5) is 0 Å². The number of hydrogen-bond acceptors (Lipinski definition) is 2. The fourth-order valence-corrected chi connectivity index (χ4v) is 3.19. The molecular formula is C17H26O2. The van der Waals surface area contributed by atoms with Crippen molar-refractivity contribution in [1.29, 1.82) is 0 Å². The first-order chi connectivity index (χ1) is 8.86. The van der Waals surface area contributed by atoms with Crippen LogP contribution in [-0.2, 0) is 6.42 Å². The quantitative estimate of drug-likeness (QED) is 0.852. The molecule has 1 aromatic rings. The van der Waals surface area contributed by atoms with Crippen LogP contribution in [0, 0.1) is 17.3 Å². The minimum absolute atomic E-state index is 0.174. The molecule has 2 nitrogen and oxygen atoms in total. The Hall–Kier alpha value is -1.02. The van der Waals surface area contributed by atoms with Gasteiger partial charge in [0.2, 0.25) is 0 Å². The van der Waals surface area contributed by atoms with Gasteiger partial charge >= 0.3 is 0 Å². The fourth-order valence-electron chi connectivity index (χ4n) is 3.19. The van der Waals surface area contributed by atoms with Gasteiger partial charge < -0.3 is 10.2 Å². The average Bonchev–Trinajstić information content (AvgIpc) is 2.33. The highest BCUT2D eigenvalue weighted by atomic mass is 16.3. The van der Waals surface area contributed by atoms with Crippen molar-refractivity contribution in [2.24, 2.45) is 17.3 Å². The van der Waals surface area contributed by atoms with Crippen LogP contribution in [-0.4, -0.2) is 16.3 Å². The monoisotopic (exact) mass is 262 g/mol. The van der Waals surface area contributed by atoms with Gasteiger partial charge in [0, 0.05) is 0 Å². The van der Waals surface area contributed by atoms with E-state index in [4.69, 9.17) is 0 Å². The first-order valence-electron chi connectivity index (χ1n) is 7.32. The topological polar surface area (TPSA) is 40.5 Å². The molecular weight excluding hydrogens is 236 g/mol. The van der Waals surface area contributed by atoms with Crippen LogP contribution >= 0.6 is 0 Å². The van der Waals surface area contributed by atoms with E-state index in [1.807, 2.05) is 12.1 Å². The number of aliphatic hydroxyl groups is 1. The maximum absolute atomic E-state index is 10.2. The van der Waals surface area contributed by atoms with Crippen molar-refractivity contribution in [3.8, 4) is 5.75 Å². The number of phenolic OH excluding ortho intramolecular Hbond substituents is 1. The smallest absolute Gasteiger partial charge is 0.115 e. The van der Waals surface area contributed by atoms with Crippen molar-refractivity contribution < 1.29 is 10.2 Å². The SMILES string of the molecule is CC(C)(C)C1CCC(O)C(Cc2ccc(O)cc2)C1. The van der Waals surface area contributed by atoms with Crippen LogP contribution in [0.15, 0.2) is 24.3 Å². The summed E-state index contributed by atoms with van der Waals surface area (Å²) in [6.45, 7) is 6.90. The summed E-state index contributed by atoms with van der Waals surface area (Å²) in [7, 11) is 0. The summed E-state index contributed by atoms with van der Waals surface area (Å²) in [6, 6.07) is 7.38. The van der Waals surface area contributed by atoms with E-state index in [0.717, 1.165) is 25.7 Å². The second-order valence-corrected chi connectivity index (χ2v) is 7.07. The molecule has 3 unspecified atom stereocenters. The fraction of sp³-hybridized carbons (Fsp3) is 0.647. The second kappa shape index (κ2) is 5.54. The standard InChI is InChI=1S/C17H26O2/c1-17(2,3)14-6-9-16(19)13(11-14)10-12-4-7-15(18)8-5-12/h4-5,7-8,13-14,16,18-19H,6,9-11H2,1-3H3. The maximum atomic E-state index is 10.2. The van der Waals surface area contributed by atoms with Gasteiger partial charge in [-0.3, -0.25) is 0 Å². The van der Waals surface area contributed by atoms with Crippen LogP contribution in [0.3, 0.4) is 0 Å². The third-order valence-corrected chi connectivity index (χ3v) is 4.60. The highest BCUT2D eigenvalue weighted by Gasteiger charge is 2.34. The zero-order valence-electron chi connectivity index (χ0n) is 12.3. The lowest BCUT2D eigenvalue weighted by Gasteiger charge is -2.40. The van der Waals surface area contributed by atoms with Gasteiger partial charge in [-0.05, 0) is 60.6 Å². The zero-order valence-corrected chi connectivity index (χ0v) is 12.3. The van der Waals surface area contributed by atoms with E-state index in [1.165, 1.54) is 5.56 Å². The largest absolute Gasteiger partial charge is 0.508 e. The Morgan fingerprint density at radius 3 is 2.32 bits per heavy atom. The molecule has 0 radical (unpaired) electrons. The predicted octanol–water partition coefficient (Wildman–Crippen LogP) is 3.76. The maximum Gasteiger partial charge on any atom is 0.115 e. The van der Waals surface area contributed by atoms with E-state index in [0.29, 0.717) is 23.0 Å². The lowest BCUT2D eigenvalue weighted by atomic mass is 9.67. The molecule has 1 aromatic carbocycles. The summed E-state index contributed by atoms with van der Waals surface area (Å²) >= 11 is 0. The normalized spacial score (nSPS) is 28.3. The summed E-state index contributed by atoms with van der Waals surface area (Å²) in [6.07, 6.45) is 3.90. The van der Waals surface area contributed by atoms with E-state index in [2.05, 4.69) is 20.8 Å². The van der Waals surface area contributed by atoms with Crippen molar-refractivity contribution in [2.75, 3.05) is 0 Å².